The number of hydrogen-bond acceptors (Lipinski definition) is 4. The number of halogens is 2. The molecule has 1 aromatic heterocycles. The van der Waals surface area contributed by atoms with Gasteiger partial charge in [-0.05, 0) is 49.9 Å². The second-order valence-corrected chi connectivity index (χ2v) is 7.01. The summed E-state index contributed by atoms with van der Waals surface area (Å²) in [5, 5.41) is 1.64. The molecule has 1 fully saturated rings. The monoisotopic (exact) mass is 394 g/mol. The van der Waals surface area contributed by atoms with Crippen molar-refractivity contribution in [3.05, 3.63) is 51.0 Å². The molecule has 1 amide bonds. The Kier molecular flexibility index (Phi) is 5.57. The normalized spacial score (nSPS) is 17.9. The molecule has 25 heavy (non-hydrogen) atoms. The minimum atomic E-state index is -0.0570. The van der Waals surface area contributed by atoms with Gasteiger partial charge in [-0.1, -0.05) is 29.3 Å². The molecule has 1 aliphatic rings. The number of likely N-dealkylation sites (N-methyl/N-ethyl adjacent to an activating group) is 1. The zero-order valence-corrected chi connectivity index (χ0v) is 16.1. The number of amides is 1. The molecule has 0 bridgehead atoms. The van der Waals surface area contributed by atoms with Gasteiger partial charge in [0.2, 0.25) is 0 Å². The van der Waals surface area contributed by atoms with Crippen LogP contribution in [0.25, 0.3) is 17.4 Å². The number of thioether (sulfide) groups is 1. The third-order valence-corrected chi connectivity index (χ3v) is 5.48. The number of aliphatic imine (C=N–C) groups is 1. The third kappa shape index (κ3) is 3.64. The molecule has 2 aromatic rings. The first-order valence-corrected chi connectivity index (χ1v) is 9.42. The van der Waals surface area contributed by atoms with Crippen molar-refractivity contribution in [2.24, 2.45) is 4.99 Å². The van der Waals surface area contributed by atoms with Crippen LogP contribution in [-0.2, 0) is 4.79 Å². The van der Waals surface area contributed by atoms with E-state index in [9.17, 15) is 4.79 Å². The molecule has 2 heterocycles. The smallest absolute Gasteiger partial charge is 0.266 e. The molecule has 1 aromatic carbocycles. The molecule has 1 aliphatic heterocycles. The van der Waals surface area contributed by atoms with Crippen LogP contribution >= 0.6 is 35.0 Å². The van der Waals surface area contributed by atoms with Gasteiger partial charge in [0.1, 0.15) is 11.5 Å². The van der Waals surface area contributed by atoms with Gasteiger partial charge in [0.05, 0.1) is 15.0 Å². The average molecular weight is 395 g/mol. The molecule has 0 aliphatic carbocycles. The quantitative estimate of drug-likeness (QED) is 0.637. The van der Waals surface area contributed by atoms with Crippen LogP contribution in [0.2, 0.25) is 10.0 Å². The van der Waals surface area contributed by atoms with Crippen molar-refractivity contribution in [3.8, 4) is 11.3 Å². The Balaban J connectivity index is 1.91. The van der Waals surface area contributed by atoms with E-state index in [0.29, 0.717) is 45.1 Å². The van der Waals surface area contributed by atoms with Crippen molar-refractivity contribution in [3.63, 3.8) is 0 Å². The van der Waals surface area contributed by atoms with Gasteiger partial charge in [-0.25, -0.2) is 0 Å². The largest absolute Gasteiger partial charge is 0.457 e. The fourth-order valence-corrected chi connectivity index (χ4v) is 3.92. The summed E-state index contributed by atoms with van der Waals surface area (Å²) < 4.78 is 5.84. The van der Waals surface area contributed by atoms with Crippen LogP contribution in [0.4, 0.5) is 0 Å². The van der Waals surface area contributed by atoms with E-state index in [-0.39, 0.29) is 5.91 Å². The molecule has 4 nitrogen and oxygen atoms in total. The second-order valence-electron chi connectivity index (χ2n) is 5.22. The van der Waals surface area contributed by atoms with Crippen LogP contribution in [0.15, 0.2) is 44.6 Å². The van der Waals surface area contributed by atoms with Gasteiger partial charge in [-0.3, -0.25) is 14.7 Å². The van der Waals surface area contributed by atoms with Crippen molar-refractivity contribution >= 4 is 52.1 Å². The van der Waals surface area contributed by atoms with E-state index in [1.807, 2.05) is 32.0 Å². The Labute approximate surface area is 160 Å². The van der Waals surface area contributed by atoms with Gasteiger partial charge < -0.3 is 4.42 Å². The Morgan fingerprint density at radius 1 is 1.24 bits per heavy atom. The highest BCUT2D eigenvalue weighted by Crippen LogP contribution is 2.36. The molecule has 1 saturated heterocycles. The number of furan rings is 1. The van der Waals surface area contributed by atoms with Crippen molar-refractivity contribution in [2.45, 2.75) is 13.8 Å². The van der Waals surface area contributed by atoms with E-state index < -0.39 is 0 Å². The van der Waals surface area contributed by atoms with Gasteiger partial charge in [0.15, 0.2) is 5.17 Å². The summed E-state index contributed by atoms with van der Waals surface area (Å²) in [7, 11) is 0. The molecule has 7 heteroatoms. The number of nitrogens with zero attached hydrogens (tertiary/aromatic N) is 2. The topological polar surface area (TPSA) is 45.8 Å². The lowest BCUT2D eigenvalue weighted by Gasteiger charge is -2.11. The zero-order chi connectivity index (χ0) is 18.0. The van der Waals surface area contributed by atoms with Gasteiger partial charge in [0.25, 0.3) is 5.91 Å². The number of amidine groups is 1. The number of hydrogen-bond donors (Lipinski definition) is 0. The predicted octanol–water partition coefficient (Wildman–Crippen LogP) is 5.57. The van der Waals surface area contributed by atoms with E-state index in [1.165, 1.54) is 11.8 Å². The maximum atomic E-state index is 12.5. The Hall–Kier alpha value is -1.69. The summed E-state index contributed by atoms with van der Waals surface area (Å²) in [5.74, 6) is 1.12. The highest BCUT2D eigenvalue weighted by molar-refractivity contribution is 8.18. The van der Waals surface area contributed by atoms with Gasteiger partial charge in [-0.2, -0.15) is 0 Å². The summed E-state index contributed by atoms with van der Waals surface area (Å²) in [5.41, 5.74) is 0.715. The zero-order valence-electron chi connectivity index (χ0n) is 13.8. The minimum absolute atomic E-state index is 0.0570. The third-order valence-electron chi connectivity index (χ3n) is 3.61. The summed E-state index contributed by atoms with van der Waals surface area (Å²) in [6.07, 6.45) is 1.73. The first-order valence-electron chi connectivity index (χ1n) is 7.85. The summed E-state index contributed by atoms with van der Waals surface area (Å²) in [4.78, 5) is 19.1. The van der Waals surface area contributed by atoms with E-state index >= 15 is 0 Å². The van der Waals surface area contributed by atoms with E-state index in [1.54, 1.807) is 23.1 Å². The lowest BCUT2D eigenvalue weighted by molar-refractivity contribution is -0.122. The number of carbonyl (C=O) groups is 1. The highest BCUT2D eigenvalue weighted by atomic mass is 35.5. The van der Waals surface area contributed by atoms with Gasteiger partial charge in [0, 0.05) is 24.7 Å². The summed E-state index contributed by atoms with van der Waals surface area (Å²) in [6, 6.07) is 8.99. The van der Waals surface area contributed by atoms with Crippen LogP contribution in [0.1, 0.15) is 19.6 Å². The molecule has 0 saturated carbocycles. The average Bonchev–Trinajstić information content (AvgIpc) is 3.16. The van der Waals surface area contributed by atoms with Crippen LogP contribution in [-0.4, -0.2) is 29.1 Å². The Bertz CT molecular complexity index is 874. The maximum Gasteiger partial charge on any atom is 0.266 e. The molecule has 0 spiro atoms. The SMILES string of the molecule is CCN=C1S/C(=C/c2ccc(-c3cccc(Cl)c3Cl)o2)C(=O)N1CC. The first kappa shape index (κ1) is 18.1. The van der Waals surface area contributed by atoms with Crippen LogP contribution in [0.5, 0.6) is 0 Å². The number of carbonyl (C=O) groups excluding carboxylic acids is 1. The fraction of sp³-hybridized carbons (Fsp3) is 0.222. The van der Waals surface area contributed by atoms with Gasteiger partial charge >= 0.3 is 0 Å². The van der Waals surface area contributed by atoms with E-state index in [4.69, 9.17) is 27.6 Å². The molecule has 0 atom stereocenters. The summed E-state index contributed by atoms with van der Waals surface area (Å²) >= 11 is 13.6. The van der Waals surface area contributed by atoms with Gasteiger partial charge in [-0.15, -0.1) is 0 Å². The summed E-state index contributed by atoms with van der Waals surface area (Å²) in [6.45, 7) is 5.10. The molecular weight excluding hydrogens is 379 g/mol. The van der Waals surface area contributed by atoms with E-state index in [0.717, 1.165) is 5.17 Å². The molecule has 0 N–H and O–H groups in total. The number of benzene rings is 1. The van der Waals surface area contributed by atoms with Crippen LogP contribution < -0.4 is 0 Å². The van der Waals surface area contributed by atoms with Crippen LogP contribution in [0, 0.1) is 0 Å². The van der Waals surface area contributed by atoms with Crippen LogP contribution in [0.3, 0.4) is 0 Å². The second kappa shape index (κ2) is 7.68. The lowest BCUT2D eigenvalue weighted by Crippen LogP contribution is -2.28. The molecular formula is C18H16Cl2N2O2S. The first-order chi connectivity index (χ1) is 12.0. The molecule has 3 rings (SSSR count). The Morgan fingerprint density at radius 3 is 2.76 bits per heavy atom. The standard InChI is InChI=1S/C18H16Cl2N2O2S/c1-3-21-18-22(4-2)17(23)15(25-18)10-11-8-9-14(24-11)12-6-5-7-13(19)16(12)20/h5-10H,3-4H2,1-2H3/b15-10+,21-18?. The number of rotatable bonds is 4. The maximum absolute atomic E-state index is 12.5. The minimum Gasteiger partial charge on any atom is -0.457 e. The molecule has 130 valence electrons. The van der Waals surface area contributed by atoms with Crippen molar-refractivity contribution in [2.75, 3.05) is 13.1 Å². The van der Waals surface area contributed by atoms with Crippen molar-refractivity contribution in [1.82, 2.24) is 4.90 Å². The van der Waals surface area contributed by atoms with E-state index in [2.05, 4.69) is 4.99 Å². The molecule has 0 radical (unpaired) electrons. The lowest BCUT2D eigenvalue weighted by atomic mass is 10.2. The van der Waals surface area contributed by atoms with Crippen molar-refractivity contribution < 1.29 is 9.21 Å². The van der Waals surface area contributed by atoms with Crippen molar-refractivity contribution in [1.29, 1.82) is 0 Å². The fourth-order valence-electron chi connectivity index (χ4n) is 2.44. The molecule has 0 unspecified atom stereocenters. The highest BCUT2D eigenvalue weighted by Gasteiger charge is 2.32. The predicted molar refractivity (Wildman–Crippen MR) is 105 cm³/mol. The Morgan fingerprint density at radius 2 is 2.04 bits per heavy atom.